The van der Waals surface area contributed by atoms with Crippen molar-refractivity contribution in [3.05, 3.63) is 46.7 Å². The Morgan fingerprint density at radius 1 is 1.17 bits per heavy atom. The Kier molecular flexibility index (Phi) is 5.18. The van der Waals surface area contributed by atoms with Crippen molar-refractivity contribution in [2.45, 2.75) is 26.4 Å². The maximum Gasteiger partial charge on any atom is 0.421 e. The molecule has 0 saturated carbocycles. The van der Waals surface area contributed by atoms with Crippen molar-refractivity contribution in [1.29, 1.82) is 0 Å². The van der Waals surface area contributed by atoms with Crippen LogP contribution in [0.15, 0.2) is 41.1 Å². The first kappa shape index (κ1) is 17.9. The zero-order chi connectivity index (χ0) is 17.9. The molecule has 0 bridgehead atoms. The SMILES string of the molecule is CC(C)(C)OC(=O)N(c1ncc(Br)cn1)c1ccccc1C(=O)O. The van der Waals surface area contributed by atoms with Crippen LogP contribution in [-0.2, 0) is 4.74 Å². The Bertz CT molecular complexity index is 757. The van der Waals surface area contributed by atoms with Gasteiger partial charge in [-0.2, -0.15) is 0 Å². The normalized spacial score (nSPS) is 11.0. The maximum absolute atomic E-state index is 12.6. The van der Waals surface area contributed by atoms with Gasteiger partial charge in [0.15, 0.2) is 0 Å². The number of hydrogen-bond donors (Lipinski definition) is 1. The van der Waals surface area contributed by atoms with Crippen LogP contribution in [0.25, 0.3) is 0 Å². The highest BCUT2D eigenvalue weighted by Gasteiger charge is 2.29. The lowest BCUT2D eigenvalue weighted by Gasteiger charge is -2.26. The molecular weight excluding hydrogens is 378 g/mol. The molecule has 126 valence electrons. The number of hydrogen-bond acceptors (Lipinski definition) is 5. The molecule has 1 heterocycles. The summed E-state index contributed by atoms with van der Waals surface area (Å²) in [6, 6.07) is 6.09. The van der Waals surface area contributed by atoms with Crippen molar-refractivity contribution in [2.75, 3.05) is 4.90 Å². The Morgan fingerprint density at radius 3 is 2.29 bits per heavy atom. The average Bonchev–Trinajstić information content (AvgIpc) is 2.48. The zero-order valence-corrected chi connectivity index (χ0v) is 14.9. The Labute approximate surface area is 147 Å². The summed E-state index contributed by atoms with van der Waals surface area (Å²) in [6.45, 7) is 5.15. The predicted octanol–water partition coefficient (Wildman–Crippen LogP) is 4.01. The molecule has 0 aliphatic heterocycles. The molecule has 1 aromatic carbocycles. The fourth-order valence-electron chi connectivity index (χ4n) is 1.87. The van der Waals surface area contributed by atoms with E-state index in [1.54, 1.807) is 32.9 Å². The summed E-state index contributed by atoms with van der Waals surface area (Å²) in [4.78, 5) is 33.3. The molecule has 7 nitrogen and oxygen atoms in total. The molecular formula is C16H16BrN3O4. The molecule has 0 unspecified atom stereocenters. The quantitative estimate of drug-likeness (QED) is 0.846. The minimum Gasteiger partial charge on any atom is -0.478 e. The highest BCUT2D eigenvalue weighted by Crippen LogP contribution is 2.28. The molecule has 0 saturated heterocycles. The standard InChI is InChI=1S/C16H16BrN3O4/c1-16(2,3)24-15(23)20(14-18-8-10(17)9-19-14)12-7-5-4-6-11(12)13(21)22/h4-9H,1-3H3,(H,21,22). The Hall–Kier alpha value is -2.48. The summed E-state index contributed by atoms with van der Waals surface area (Å²) >= 11 is 3.22. The van der Waals surface area contributed by atoms with Crippen molar-refractivity contribution >= 4 is 39.6 Å². The molecule has 1 amide bonds. The van der Waals surface area contributed by atoms with Gasteiger partial charge in [0, 0.05) is 12.4 Å². The third-order valence-electron chi connectivity index (χ3n) is 2.76. The topological polar surface area (TPSA) is 92.6 Å². The fourth-order valence-corrected chi connectivity index (χ4v) is 2.07. The molecule has 8 heteroatoms. The van der Waals surface area contributed by atoms with Gasteiger partial charge < -0.3 is 9.84 Å². The lowest BCUT2D eigenvalue weighted by atomic mass is 10.1. The van der Waals surface area contributed by atoms with Gasteiger partial charge >= 0.3 is 12.1 Å². The van der Waals surface area contributed by atoms with Gasteiger partial charge in [0.1, 0.15) is 5.60 Å². The van der Waals surface area contributed by atoms with E-state index in [2.05, 4.69) is 25.9 Å². The van der Waals surface area contributed by atoms with Crippen LogP contribution < -0.4 is 4.90 Å². The second kappa shape index (κ2) is 6.96. The minimum atomic E-state index is -1.17. The lowest BCUT2D eigenvalue weighted by Crippen LogP contribution is -2.35. The third kappa shape index (κ3) is 4.29. The minimum absolute atomic E-state index is 0.0150. The molecule has 0 aliphatic carbocycles. The molecule has 1 aromatic heterocycles. The van der Waals surface area contributed by atoms with Gasteiger partial charge in [-0.25, -0.2) is 24.5 Å². The van der Waals surface area contributed by atoms with E-state index in [-0.39, 0.29) is 17.2 Å². The van der Waals surface area contributed by atoms with Crippen LogP contribution in [0, 0.1) is 0 Å². The maximum atomic E-state index is 12.6. The number of rotatable bonds is 3. The van der Waals surface area contributed by atoms with Gasteiger partial charge in [-0.05, 0) is 48.8 Å². The first-order valence-corrected chi connectivity index (χ1v) is 7.81. The predicted molar refractivity (Wildman–Crippen MR) is 91.5 cm³/mol. The number of carboxylic acid groups (broad SMARTS) is 1. The van der Waals surface area contributed by atoms with Gasteiger partial charge in [-0.1, -0.05) is 12.1 Å². The summed E-state index contributed by atoms with van der Waals surface area (Å²) < 4.78 is 6.00. The Balaban J connectivity index is 2.57. The summed E-state index contributed by atoms with van der Waals surface area (Å²) in [5.41, 5.74) is -0.695. The highest BCUT2D eigenvalue weighted by molar-refractivity contribution is 9.10. The first-order chi connectivity index (χ1) is 11.2. The summed E-state index contributed by atoms with van der Waals surface area (Å²) in [5, 5.41) is 9.39. The van der Waals surface area contributed by atoms with Crippen LogP contribution in [0.5, 0.6) is 0 Å². The summed E-state index contributed by atoms with van der Waals surface area (Å²) in [5.74, 6) is -1.16. The highest BCUT2D eigenvalue weighted by atomic mass is 79.9. The number of amides is 1. The third-order valence-corrected chi connectivity index (χ3v) is 3.17. The van der Waals surface area contributed by atoms with E-state index < -0.39 is 17.7 Å². The van der Waals surface area contributed by atoms with Crippen LogP contribution in [0.1, 0.15) is 31.1 Å². The average molecular weight is 394 g/mol. The molecule has 2 aromatic rings. The van der Waals surface area contributed by atoms with E-state index in [9.17, 15) is 14.7 Å². The number of nitrogens with zero attached hydrogens (tertiary/aromatic N) is 3. The van der Waals surface area contributed by atoms with Crippen LogP contribution in [0.2, 0.25) is 0 Å². The zero-order valence-electron chi connectivity index (χ0n) is 13.4. The molecule has 24 heavy (non-hydrogen) atoms. The fraction of sp³-hybridized carbons (Fsp3) is 0.250. The number of anilines is 2. The monoisotopic (exact) mass is 393 g/mol. The smallest absolute Gasteiger partial charge is 0.421 e. The lowest BCUT2D eigenvalue weighted by molar-refractivity contribution is 0.0597. The van der Waals surface area contributed by atoms with Gasteiger partial charge in [-0.3, -0.25) is 0 Å². The largest absolute Gasteiger partial charge is 0.478 e. The van der Waals surface area contributed by atoms with Crippen LogP contribution in [-0.4, -0.2) is 32.7 Å². The number of carbonyl (C=O) groups is 2. The number of halogens is 1. The van der Waals surface area contributed by atoms with Crippen molar-refractivity contribution in [3.63, 3.8) is 0 Å². The van der Waals surface area contributed by atoms with Gasteiger partial charge in [-0.15, -0.1) is 0 Å². The van der Waals surface area contributed by atoms with Crippen molar-refractivity contribution in [1.82, 2.24) is 9.97 Å². The van der Waals surface area contributed by atoms with Crippen LogP contribution in [0.3, 0.4) is 0 Å². The molecule has 0 spiro atoms. The first-order valence-electron chi connectivity index (χ1n) is 7.02. The molecule has 0 fully saturated rings. The van der Waals surface area contributed by atoms with E-state index in [1.807, 2.05) is 0 Å². The molecule has 1 N–H and O–H groups in total. The number of aromatic nitrogens is 2. The molecule has 0 radical (unpaired) electrons. The van der Waals surface area contributed by atoms with E-state index in [1.165, 1.54) is 24.5 Å². The number of benzene rings is 1. The van der Waals surface area contributed by atoms with Crippen molar-refractivity contribution in [3.8, 4) is 0 Å². The van der Waals surface area contributed by atoms with Crippen molar-refractivity contribution < 1.29 is 19.4 Å². The van der Waals surface area contributed by atoms with E-state index >= 15 is 0 Å². The summed E-state index contributed by atoms with van der Waals surface area (Å²) in [6.07, 6.45) is 2.16. The number of carboxylic acids is 1. The summed E-state index contributed by atoms with van der Waals surface area (Å²) in [7, 11) is 0. The number of ether oxygens (including phenoxy) is 1. The molecule has 0 atom stereocenters. The van der Waals surface area contributed by atoms with E-state index in [4.69, 9.17) is 4.74 Å². The van der Waals surface area contributed by atoms with Crippen LogP contribution in [0.4, 0.5) is 16.4 Å². The van der Waals surface area contributed by atoms with Crippen molar-refractivity contribution in [2.24, 2.45) is 0 Å². The van der Waals surface area contributed by atoms with Gasteiger partial charge in [0.05, 0.1) is 15.7 Å². The van der Waals surface area contributed by atoms with E-state index in [0.29, 0.717) is 4.47 Å². The van der Waals surface area contributed by atoms with E-state index in [0.717, 1.165) is 4.90 Å². The number of para-hydroxylation sites is 1. The Morgan fingerprint density at radius 2 is 1.75 bits per heavy atom. The van der Waals surface area contributed by atoms with Gasteiger partial charge in [0.2, 0.25) is 5.95 Å². The van der Waals surface area contributed by atoms with Crippen LogP contribution >= 0.6 is 15.9 Å². The number of aromatic carboxylic acids is 1. The molecule has 2 rings (SSSR count). The number of carbonyl (C=O) groups excluding carboxylic acids is 1. The van der Waals surface area contributed by atoms with Gasteiger partial charge in [0.25, 0.3) is 0 Å². The molecule has 0 aliphatic rings. The second-order valence-electron chi connectivity index (χ2n) is 5.84. The second-order valence-corrected chi connectivity index (χ2v) is 6.76.